The van der Waals surface area contributed by atoms with Gasteiger partial charge in [0.15, 0.2) is 11.5 Å². The minimum Gasteiger partial charge on any atom is -0.492 e. The van der Waals surface area contributed by atoms with E-state index >= 15 is 0 Å². The smallest absolute Gasteiger partial charge is 0.416 e. The highest BCUT2D eigenvalue weighted by Gasteiger charge is 2.46. The second kappa shape index (κ2) is 12.1. The first-order valence-corrected chi connectivity index (χ1v) is 15.9. The summed E-state index contributed by atoms with van der Waals surface area (Å²) >= 11 is 0. The summed E-state index contributed by atoms with van der Waals surface area (Å²) in [6.07, 6.45) is -7.54. The predicted octanol–water partition coefficient (Wildman–Crippen LogP) is 3.14. The maximum atomic E-state index is 13.4. The van der Waals surface area contributed by atoms with E-state index in [-0.39, 0.29) is 62.1 Å². The minimum absolute atomic E-state index is 0.0617. The summed E-state index contributed by atoms with van der Waals surface area (Å²) in [6.45, 7) is 0.309. The quantitative estimate of drug-likeness (QED) is 0.337. The van der Waals surface area contributed by atoms with Crippen molar-refractivity contribution in [3.8, 4) is 28.4 Å². The van der Waals surface area contributed by atoms with Gasteiger partial charge in [-0.2, -0.15) is 13.2 Å². The predicted molar refractivity (Wildman–Crippen MR) is 155 cm³/mol. The van der Waals surface area contributed by atoms with Gasteiger partial charge in [0.25, 0.3) is 0 Å². The molecule has 3 aliphatic rings. The monoisotopic (exact) mass is 650 g/mol. The standard InChI is InChI=1S/C31H33F3N2O8S/c32-31(33,34)22-3-1-2-20(9-22)21-5-7-29-28(10-21)42-17-30(11-24(38)25(39)12-30)16-36(15-23(37)13-35-45(29,40)41)14-19-4-6-26-27(8-19)44-18-43-26/h1-10,23-25,35,37-39H,11-18H2/t23-,24-,25+,30?/m0/s1. The van der Waals surface area contributed by atoms with Gasteiger partial charge < -0.3 is 29.5 Å². The van der Waals surface area contributed by atoms with Crippen LogP contribution >= 0.6 is 0 Å². The molecule has 1 unspecified atom stereocenters. The Balaban J connectivity index is 1.36. The van der Waals surface area contributed by atoms with Crippen molar-refractivity contribution < 1.29 is 51.1 Å². The van der Waals surface area contributed by atoms with Crippen LogP contribution in [0.2, 0.25) is 0 Å². The number of sulfonamides is 1. The van der Waals surface area contributed by atoms with Crippen LogP contribution in [-0.2, 0) is 22.7 Å². The number of benzene rings is 3. The Bertz CT molecular complexity index is 1660. The largest absolute Gasteiger partial charge is 0.492 e. The number of aliphatic hydroxyl groups excluding tert-OH is 3. The van der Waals surface area contributed by atoms with Crippen molar-refractivity contribution in [2.45, 2.75) is 48.8 Å². The molecule has 3 aromatic rings. The number of hydrogen-bond donors (Lipinski definition) is 4. The zero-order valence-corrected chi connectivity index (χ0v) is 24.9. The molecule has 242 valence electrons. The lowest BCUT2D eigenvalue weighted by Crippen LogP contribution is -2.46. The molecule has 3 aromatic carbocycles. The van der Waals surface area contributed by atoms with Gasteiger partial charge in [-0.1, -0.05) is 24.3 Å². The molecule has 4 atom stereocenters. The van der Waals surface area contributed by atoms with Crippen molar-refractivity contribution in [3.63, 3.8) is 0 Å². The van der Waals surface area contributed by atoms with Gasteiger partial charge in [-0.3, -0.25) is 4.90 Å². The van der Waals surface area contributed by atoms with Gasteiger partial charge in [0, 0.05) is 31.6 Å². The van der Waals surface area contributed by atoms with Crippen molar-refractivity contribution in [2.24, 2.45) is 5.41 Å². The van der Waals surface area contributed by atoms with Crippen LogP contribution in [0.1, 0.15) is 24.0 Å². The van der Waals surface area contributed by atoms with E-state index in [4.69, 9.17) is 14.2 Å². The normalized spacial score (nSPS) is 26.9. The topological polar surface area (TPSA) is 138 Å². The van der Waals surface area contributed by atoms with Gasteiger partial charge in [-0.05, 0) is 65.9 Å². The van der Waals surface area contributed by atoms with Crippen molar-refractivity contribution in [3.05, 3.63) is 71.8 Å². The Morgan fingerprint density at radius 2 is 1.62 bits per heavy atom. The molecular formula is C31H33F3N2O8S. The Hall–Kier alpha value is -3.40. The van der Waals surface area contributed by atoms with Crippen molar-refractivity contribution in [2.75, 3.05) is 33.0 Å². The Morgan fingerprint density at radius 1 is 0.889 bits per heavy atom. The molecule has 2 heterocycles. The van der Waals surface area contributed by atoms with Crippen LogP contribution in [0, 0.1) is 5.41 Å². The molecule has 2 aliphatic heterocycles. The number of fused-ring (bicyclic) bond motifs is 2. The molecule has 6 rings (SSSR count). The SMILES string of the molecule is O=S1(=O)NC[C@H](O)CN(Cc2ccc3c(c2)OCO3)CC2(COc3cc(-c4cccc(C(F)(F)F)c4)ccc31)C[C@@H](O)[C@@H](O)C2. The highest BCUT2D eigenvalue weighted by molar-refractivity contribution is 7.89. The second-order valence-electron chi connectivity index (χ2n) is 11.9. The van der Waals surface area contributed by atoms with Crippen LogP contribution in [0.15, 0.2) is 65.6 Å². The third kappa shape index (κ3) is 6.90. The summed E-state index contributed by atoms with van der Waals surface area (Å²) in [6, 6.07) is 14.1. The van der Waals surface area contributed by atoms with E-state index in [0.29, 0.717) is 23.6 Å². The lowest BCUT2D eigenvalue weighted by molar-refractivity contribution is -0.137. The number of nitrogens with zero attached hydrogens (tertiary/aromatic N) is 1. The van der Waals surface area contributed by atoms with Gasteiger partial charge in [0.2, 0.25) is 16.8 Å². The maximum absolute atomic E-state index is 13.4. The van der Waals surface area contributed by atoms with E-state index in [2.05, 4.69) is 4.72 Å². The molecule has 1 fully saturated rings. The van der Waals surface area contributed by atoms with Crippen LogP contribution in [0.4, 0.5) is 13.2 Å². The summed E-state index contributed by atoms with van der Waals surface area (Å²) in [5.74, 6) is 1.08. The summed E-state index contributed by atoms with van der Waals surface area (Å²) in [5, 5.41) is 32.2. The number of ether oxygens (including phenoxy) is 3. The van der Waals surface area contributed by atoms with Crippen LogP contribution in [0.3, 0.4) is 0 Å². The van der Waals surface area contributed by atoms with Gasteiger partial charge in [-0.15, -0.1) is 0 Å². The van der Waals surface area contributed by atoms with E-state index < -0.39 is 45.5 Å². The Morgan fingerprint density at radius 3 is 2.38 bits per heavy atom. The average Bonchev–Trinajstić information content (AvgIpc) is 3.57. The molecule has 1 aliphatic carbocycles. The summed E-state index contributed by atoms with van der Waals surface area (Å²) in [4.78, 5) is 1.66. The fraction of sp³-hybridized carbons (Fsp3) is 0.419. The van der Waals surface area contributed by atoms with Crippen molar-refractivity contribution >= 4 is 10.0 Å². The molecule has 0 bridgehead atoms. The van der Waals surface area contributed by atoms with Gasteiger partial charge in [0.1, 0.15) is 10.6 Å². The minimum atomic E-state index is -4.57. The maximum Gasteiger partial charge on any atom is 0.416 e. The molecule has 0 amide bonds. The number of alkyl halides is 3. The van der Waals surface area contributed by atoms with E-state index in [1.807, 2.05) is 17.0 Å². The molecule has 0 radical (unpaired) electrons. The number of nitrogens with one attached hydrogen (secondary N) is 1. The zero-order valence-electron chi connectivity index (χ0n) is 24.0. The number of hydrogen-bond acceptors (Lipinski definition) is 9. The average molecular weight is 651 g/mol. The van der Waals surface area contributed by atoms with Crippen LogP contribution < -0.4 is 18.9 Å². The summed E-state index contributed by atoms with van der Waals surface area (Å²) < 4.78 is 86.6. The van der Waals surface area contributed by atoms with E-state index in [0.717, 1.165) is 17.7 Å². The van der Waals surface area contributed by atoms with E-state index in [9.17, 15) is 36.9 Å². The van der Waals surface area contributed by atoms with Gasteiger partial charge in [0.05, 0.1) is 30.5 Å². The first-order valence-electron chi connectivity index (χ1n) is 14.4. The highest BCUT2D eigenvalue weighted by Crippen LogP contribution is 2.42. The fourth-order valence-corrected chi connectivity index (χ4v) is 7.46. The molecule has 10 nitrogen and oxygen atoms in total. The van der Waals surface area contributed by atoms with Crippen molar-refractivity contribution in [1.29, 1.82) is 0 Å². The molecule has 4 N–H and O–H groups in total. The fourth-order valence-electron chi connectivity index (χ4n) is 6.27. The third-order valence-corrected chi connectivity index (χ3v) is 9.86. The van der Waals surface area contributed by atoms with Crippen LogP contribution in [0.5, 0.6) is 17.2 Å². The molecule has 45 heavy (non-hydrogen) atoms. The van der Waals surface area contributed by atoms with Gasteiger partial charge >= 0.3 is 6.18 Å². The van der Waals surface area contributed by atoms with Gasteiger partial charge in [-0.25, -0.2) is 13.1 Å². The van der Waals surface area contributed by atoms with Crippen LogP contribution in [0.25, 0.3) is 11.1 Å². The first-order chi connectivity index (χ1) is 21.3. The molecule has 0 aromatic heterocycles. The Labute approximate surface area is 258 Å². The molecule has 14 heteroatoms. The molecule has 1 saturated carbocycles. The highest BCUT2D eigenvalue weighted by atomic mass is 32.2. The van der Waals surface area contributed by atoms with E-state index in [1.54, 1.807) is 6.07 Å². The zero-order chi connectivity index (χ0) is 32.0. The molecule has 0 saturated heterocycles. The summed E-state index contributed by atoms with van der Waals surface area (Å²) in [5.41, 5.74) is -0.376. The number of aliphatic hydroxyl groups is 3. The molecular weight excluding hydrogens is 617 g/mol. The van der Waals surface area contributed by atoms with Crippen LogP contribution in [-0.4, -0.2) is 80.0 Å². The molecule has 1 spiro atoms. The third-order valence-electron chi connectivity index (χ3n) is 8.40. The number of β-amino-alcohol motifs (C(OH)–C–C–N with tert-alkyl or cyclic N) is 1. The van der Waals surface area contributed by atoms with E-state index in [1.165, 1.54) is 30.3 Å². The lowest BCUT2D eigenvalue weighted by atomic mass is 9.85. The number of halogens is 3. The number of rotatable bonds is 3. The summed E-state index contributed by atoms with van der Waals surface area (Å²) in [7, 11) is -4.24. The lowest BCUT2D eigenvalue weighted by Gasteiger charge is -2.37. The Kier molecular flexibility index (Phi) is 8.48. The second-order valence-corrected chi connectivity index (χ2v) is 13.7. The first kappa shape index (κ1) is 31.6. The van der Waals surface area contributed by atoms with Crippen molar-refractivity contribution in [1.82, 2.24) is 9.62 Å².